The second kappa shape index (κ2) is 4.80. The molecule has 88 valence electrons. The van der Waals surface area contributed by atoms with Crippen LogP contribution < -0.4 is 10.0 Å². The van der Waals surface area contributed by atoms with Gasteiger partial charge < -0.3 is 0 Å². The molecule has 0 amide bonds. The number of hydrogen-bond donors (Lipinski definition) is 0. The summed E-state index contributed by atoms with van der Waals surface area (Å²) in [6, 6.07) is 20.6. The Morgan fingerprint density at radius 2 is 0.889 bits per heavy atom. The van der Waals surface area contributed by atoms with Gasteiger partial charge in [-0.3, -0.25) is 10.0 Å². The maximum atomic E-state index is 2.12. The van der Waals surface area contributed by atoms with Gasteiger partial charge in [0.2, 0.25) is 0 Å². The highest BCUT2D eigenvalue weighted by atomic mass is 15.6. The summed E-state index contributed by atoms with van der Waals surface area (Å²) in [6.45, 7) is 0. The van der Waals surface area contributed by atoms with Crippen molar-refractivity contribution in [2.45, 2.75) is 0 Å². The molecule has 0 aliphatic carbocycles. The summed E-state index contributed by atoms with van der Waals surface area (Å²) in [4.78, 5) is 0. The fourth-order valence-corrected chi connectivity index (χ4v) is 1.99. The Kier molecular flexibility index (Phi) is 2.84. The van der Waals surface area contributed by atoms with E-state index in [-0.39, 0.29) is 0 Å². The van der Waals surface area contributed by atoms with Gasteiger partial charge >= 0.3 is 0 Å². The molecule has 0 atom stereocenters. The molecule has 0 saturated carbocycles. The first kappa shape index (κ1) is 10.7. The number of allylic oxidation sites excluding steroid dienone is 2. The number of nitrogens with zero attached hydrogens (tertiary/aromatic N) is 2. The molecule has 0 spiro atoms. The van der Waals surface area contributed by atoms with Crippen LogP contribution in [0, 0.1) is 0 Å². The Hall–Kier alpha value is -2.48. The van der Waals surface area contributed by atoms with E-state index in [0.717, 1.165) is 11.4 Å². The highest BCUT2D eigenvalue weighted by molar-refractivity contribution is 5.63. The maximum Gasteiger partial charge on any atom is 0.0629 e. The zero-order valence-electron chi connectivity index (χ0n) is 9.98. The molecule has 2 aromatic rings. The van der Waals surface area contributed by atoms with Crippen LogP contribution in [0.2, 0.25) is 0 Å². The molecule has 0 bridgehead atoms. The molecule has 1 aliphatic heterocycles. The Morgan fingerprint density at radius 1 is 0.500 bits per heavy atom. The normalized spacial score (nSPS) is 14.0. The fraction of sp³-hybridized carbons (Fsp3) is 0. The molecule has 0 radical (unpaired) electrons. The van der Waals surface area contributed by atoms with Crippen LogP contribution in [-0.2, 0) is 0 Å². The quantitative estimate of drug-likeness (QED) is 0.776. The summed E-state index contributed by atoms with van der Waals surface area (Å²) in [6.07, 6.45) is 8.18. The Labute approximate surface area is 107 Å². The van der Waals surface area contributed by atoms with Crippen molar-refractivity contribution in [1.82, 2.24) is 0 Å². The molecular weight excluding hydrogens is 220 g/mol. The molecule has 3 rings (SSSR count). The van der Waals surface area contributed by atoms with E-state index in [2.05, 4.69) is 46.7 Å². The van der Waals surface area contributed by atoms with E-state index in [0.29, 0.717) is 0 Å². The van der Waals surface area contributed by atoms with Crippen LogP contribution in [0.25, 0.3) is 0 Å². The van der Waals surface area contributed by atoms with Crippen molar-refractivity contribution < 1.29 is 0 Å². The van der Waals surface area contributed by atoms with E-state index in [4.69, 9.17) is 0 Å². The van der Waals surface area contributed by atoms with Crippen molar-refractivity contribution in [3.8, 4) is 0 Å². The van der Waals surface area contributed by atoms with Gasteiger partial charge in [0.05, 0.1) is 11.4 Å². The first-order valence-corrected chi connectivity index (χ1v) is 5.98. The number of hydrogen-bond acceptors (Lipinski definition) is 2. The molecule has 2 heteroatoms. The topological polar surface area (TPSA) is 6.48 Å². The van der Waals surface area contributed by atoms with E-state index >= 15 is 0 Å². The molecule has 1 aliphatic rings. The number of para-hydroxylation sites is 2. The molecular formula is C16H14N2. The molecule has 0 unspecified atom stereocenters. The molecule has 0 fully saturated rings. The lowest BCUT2D eigenvalue weighted by Gasteiger charge is -2.34. The minimum atomic E-state index is 1.14. The van der Waals surface area contributed by atoms with Crippen LogP contribution >= 0.6 is 0 Å². The monoisotopic (exact) mass is 234 g/mol. The second-order valence-corrected chi connectivity index (χ2v) is 4.04. The average Bonchev–Trinajstić information content (AvgIpc) is 2.49. The molecule has 0 saturated heterocycles. The van der Waals surface area contributed by atoms with Gasteiger partial charge in [-0.05, 0) is 36.4 Å². The van der Waals surface area contributed by atoms with Crippen molar-refractivity contribution in [2.24, 2.45) is 0 Å². The van der Waals surface area contributed by atoms with Gasteiger partial charge in [0.1, 0.15) is 0 Å². The summed E-state index contributed by atoms with van der Waals surface area (Å²) in [5.41, 5.74) is 2.28. The minimum Gasteiger partial charge on any atom is -0.257 e. The Bertz CT molecular complexity index is 505. The van der Waals surface area contributed by atoms with Crippen LogP contribution in [0.1, 0.15) is 0 Å². The van der Waals surface area contributed by atoms with E-state index in [1.807, 2.05) is 48.6 Å². The molecule has 0 N–H and O–H groups in total. The fourth-order valence-electron chi connectivity index (χ4n) is 1.99. The van der Waals surface area contributed by atoms with Gasteiger partial charge in [0.25, 0.3) is 0 Å². The number of benzene rings is 2. The summed E-state index contributed by atoms with van der Waals surface area (Å²) < 4.78 is 0. The average molecular weight is 234 g/mol. The maximum absolute atomic E-state index is 2.12. The van der Waals surface area contributed by atoms with E-state index in [1.54, 1.807) is 0 Å². The van der Waals surface area contributed by atoms with E-state index in [1.165, 1.54) is 0 Å². The predicted octanol–water partition coefficient (Wildman–Crippen LogP) is 3.96. The van der Waals surface area contributed by atoms with Gasteiger partial charge in [0, 0.05) is 12.4 Å². The third-order valence-corrected chi connectivity index (χ3v) is 2.84. The van der Waals surface area contributed by atoms with Gasteiger partial charge in [0.15, 0.2) is 0 Å². The highest BCUT2D eigenvalue weighted by Gasteiger charge is 2.13. The standard InChI is InChI=1S/C16H14N2/c1-3-9-15(10-4-1)17-13-7-8-14-18(17)16-11-5-2-6-12-16/h1-14H. The summed E-state index contributed by atoms with van der Waals surface area (Å²) >= 11 is 0. The van der Waals surface area contributed by atoms with Crippen LogP contribution in [0.15, 0.2) is 85.2 Å². The number of rotatable bonds is 2. The minimum absolute atomic E-state index is 1.14. The summed E-state index contributed by atoms with van der Waals surface area (Å²) in [7, 11) is 0. The zero-order chi connectivity index (χ0) is 12.2. The summed E-state index contributed by atoms with van der Waals surface area (Å²) in [5.74, 6) is 0. The van der Waals surface area contributed by atoms with Crippen molar-refractivity contribution in [3.63, 3.8) is 0 Å². The molecule has 2 nitrogen and oxygen atoms in total. The van der Waals surface area contributed by atoms with Gasteiger partial charge in [-0.1, -0.05) is 36.4 Å². The number of anilines is 2. The van der Waals surface area contributed by atoms with Gasteiger partial charge in [-0.15, -0.1) is 0 Å². The van der Waals surface area contributed by atoms with Gasteiger partial charge in [-0.2, -0.15) is 0 Å². The molecule has 1 heterocycles. The van der Waals surface area contributed by atoms with Gasteiger partial charge in [-0.25, -0.2) is 0 Å². The SMILES string of the molecule is C1=CN(c2ccccc2)N(c2ccccc2)C=C1. The second-order valence-electron chi connectivity index (χ2n) is 4.04. The molecule has 0 aromatic heterocycles. The lowest BCUT2D eigenvalue weighted by atomic mass is 10.3. The third-order valence-electron chi connectivity index (χ3n) is 2.84. The lowest BCUT2D eigenvalue weighted by molar-refractivity contribution is 0.963. The van der Waals surface area contributed by atoms with Crippen molar-refractivity contribution >= 4 is 11.4 Å². The lowest BCUT2D eigenvalue weighted by Crippen LogP contribution is -2.36. The molecule has 18 heavy (non-hydrogen) atoms. The van der Waals surface area contributed by atoms with Crippen LogP contribution in [0.5, 0.6) is 0 Å². The van der Waals surface area contributed by atoms with Crippen molar-refractivity contribution in [1.29, 1.82) is 0 Å². The first-order chi connectivity index (χ1) is 8.95. The van der Waals surface area contributed by atoms with Crippen molar-refractivity contribution in [2.75, 3.05) is 10.0 Å². The first-order valence-electron chi connectivity index (χ1n) is 5.98. The van der Waals surface area contributed by atoms with Crippen molar-refractivity contribution in [3.05, 3.63) is 85.2 Å². The van der Waals surface area contributed by atoms with Crippen LogP contribution in [0.4, 0.5) is 11.4 Å². The van der Waals surface area contributed by atoms with E-state index < -0.39 is 0 Å². The summed E-state index contributed by atoms with van der Waals surface area (Å²) in [5, 5.41) is 4.24. The largest absolute Gasteiger partial charge is 0.257 e. The molecule has 2 aromatic carbocycles. The van der Waals surface area contributed by atoms with Crippen LogP contribution in [-0.4, -0.2) is 0 Å². The predicted molar refractivity (Wildman–Crippen MR) is 76.1 cm³/mol. The van der Waals surface area contributed by atoms with Crippen LogP contribution in [0.3, 0.4) is 0 Å². The van der Waals surface area contributed by atoms with E-state index in [9.17, 15) is 0 Å². The smallest absolute Gasteiger partial charge is 0.0629 e. The zero-order valence-corrected chi connectivity index (χ0v) is 9.98. The highest BCUT2D eigenvalue weighted by Crippen LogP contribution is 2.24. The number of hydrazine groups is 1. The third kappa shape index (κ3) is 2.00. The Morgan fingerprint density at radius 3 is 1.28 bits per heavy atom. The Balaban J connectivity index is 1.98.